The fraction of sp³-hybridized carbons (Fsp3) is 0.263. The summed E-state index contributed by atoms with van der Waals surface area (Å²) in [6, 6.07) is 13.6. The van der Waals surface area contributed by atoms with Crippen LogP contribution >= 0.6 is 11.8 Å². The number of hydrogen-bond donors (Lipinski definition) is 0. The second-order valence-corrected chi connectivity index (χ2v) is 6.55. The summed E-state index contributed by atoms with van der Waals surface area (Å²) in [5, 5.41) is 0.691. The molecule has 2 heterocycles. The number of carbonyl (C=O) groups is 1. The Morgan fingerprint density at radius 1 is 1.20 bits per heavy atom. The highest BCUT2D eigenvalue weighted by molar-refractivity contribution is 8.18. The molecule has 0 atom stereocenters. The number of aryl methyl sites for hydroxylation is 1. The molecule has 2 aromatic rings. The molecule has 0 N–H and O–H groups in total. The summed E-state index contributed by atoms with van der Waals surface area (Å²) in [7, 11) is 1.96. The van der Waals surface area contributed by atoms with Gasteiger partial charge >= 0.3 is 0 Å². The molecule has 5 nitrogen and oxygen atoms in total. The Labute approximate surface area is 152 Å². The third kappa shape index (κ3) is 4.21. The SMILES string of the molecule is CCOCCN1C(=O)/C(=C/c2cccn2C)SC1=Nc1ccccc1. The Kier molecular flexibility index (Phi) is 5.73. The lowest BCUT2D eigenvalue weighted by Crippen LogP contribution is -2.32. The molecule has 0 radical (unpaired) electrons. The van der Waals surface area contributed by atoms with Crippen molar-refractivity contribution in [2.24, 2.45) is 12.0 Å². The van der Waals surface area contributed by atoms with Gasteiger partial charge in [-0.25, -0.2) is 4.99 Å². The maximum Gasteiger partial charge on any atom is 0.266 e. The average molecular weight is 355 g/mol. The van der Waals surface area contributed by atoms with E-state index in [0.717, 1.165) is 11.4 Å². The highest BCUT2D eigenvalue weighted by atomic mass is 32.2. The first-order chi connectivity index (χ1) is 12.2. The lowest BCUT2D eigenvalue weighted by Gasteiger charge is -2.15. The fourth-order valence-corrected chi connectivity index (χ4v) is 3.47. The van der Waals surface area contributed by atoms with Crippen LogP contribution in [0.5, 0.6) is 0 Å². The van der Waals surface area contributed by atoms with Crippen LogP contribution in [0.25, 0.3) is 6.08 Å². The molecule has 1 aromatic heterocycles. The van der Waals surface area contributed by atoms with Crippen LogP contribution in [0.4, 0.5) is 5.69 Å². The topological polar surface area (TPSA) is 46.8 Å². The van der Waals surface area contributed by atoms with E-state index >= 15 is 0 Å². The fourth-order valence-electron chi connectivity index (χ4n) is 2.46. The van der Waals surface area contributed by atoms with E-state index in [1.807, 2.05) is 73.3 Å². The van der Waals surface area contributed by atoms with Crippen molar-refractivity contribution < 1.29 is 9.53 Å². The van der Waals surface area contributed by atoms with Crippen molar-refractivity contribution in [2.45, 2.75) is 6.92 Å². The summed E-state index contributed by atoms with van der Waals surface area (Å²) in [6.45, 7) is 3.57. The number of benzene rings is 1. The van der Waals surface area contributed by atoms with Gasteiger partial charge in [-0.15, -0.1) is 0 Å². The van der Waals surface area contributed by atoms with Crippen LogP contribution in [0, 0.1) is 0 Å². The van der Waals surface area contributed by atoms with Gasteiger partial charge in [0.25, 0.3) is 5.91 Å². The molecule has 25 heavy (non-hydrogen) atoms. The minimum atomic E-state index is -0.0272. The highest BCUT2D eigenvalue weighted by Gasteiger charge is 2.33. The quantitative estimate of drug-likeness (QED) is 0.587. The molecule has 1 fully saturated rings. The summed E-state index contributed by atoms with van der Waals surface area (Å²) in [4.78, 5) is 19.9. The predicted octanol–water partition coefficient (Wildman–Crippen LogP) is 3.67. The van der Waals surface area contributed by atoms with Crippen LogP contribution in [0.1, 0.15) is 12.6 Å². The van der Waals surface area contributed by atoms with E-state index in [4.69, 9.17) is 4.74 Å². The number of para-hydroxylation sites is 1. The zero-order chi connectivity index (χ0) is 17.6. The number of nitrogens with zero attached hydrogens (tertiary/aromatic N) is 3. The Bertz CT molecular complexity index is 796. The summed E-state index contributed by atoms with van der Waals surface area (Å²) >= 11 is 1.41. The summed E-state index contributed by atoms with van der Waals surface area (Å²) < 4.78 is 7.40. The molecule has 1 aliphatic rings. The van der Waals surface area contributed by atoms with Gasteiger partial charge in [-0.1, -0.05) is 18.2 Å². The minimum absolute atomic E-state index is 0.0272. The normalized spacial score (nSPS) is 17.8. The van der Waals surface area contributed by atoms with E-state index in [2.05, 4.69) is 4.99 Å². The Morgan fingerprint density at radius 2 is 2.00 bits per heavy atom. The van der Waals surface area contributed by atoms with Crippen molar-refractivity contribution in [3.05, 3.63) is 59.3 Å². The van der Waals surface area contributed by atoms with Crippen LogP contribution in [0.3, 0.4) is 0 Å². The van der Waals surface area contributed by atoms with Crippen molar-refractivity contribution in [1.29, 1.82) is 0 Å². The maximum atomic E-state index is 12.8. The second-order valence-electron chi connectivity index (χ2n) is 5.54. The van der Waals surface area contributed by atoms with E-state index in [-0.39, 0.29) is 5.91 Å². The van der Waals surface area contributed by atoms with Gasteiger partial charge in [-0.2, -0.15) is 0 Å². The third-order valence-electron chi connectivity index (χ3n) is 3.80. The maximum absolute atomic E-state index is 12.8. The van der Waals surface area contributed by atoms with Crippen LogP contribution in [-0.2, 0) is 16.6 Å². The van der Waals surface area contributed by atoms with Gasteiger partial charge in [0.05, 0.1) is 23.7 Å². The van der Waals surface area contributed by atoms with Crippen molar-refractivity contribution in [3.8, 4) is 0 Å². The number of hydrogen-bond acceptors (Lipinski definition) is 4. The molecule has 1 aromatic carbocycles. The molecule has 130 valence electrons. The zero-order valence-electron chi connectivity index (χ0n) is 14.4. The van der Waals surface area contributed by atoms with Gasteiger partial charge in [-0.05, 0) is 49.0 Å². The Morgan fingerprint density at radius 3 is 2.68 bits per heavy atom. The van der Waals surface area contributed by atoms with Gasteiger partial charge < -0.3 is 9.30 Å². The standard InChI is InChI=1S/C19H21N3O2S/c1-3-24-13-12-22-18(23)17(14-16-10-7-11-21(16)2)25-19(22)20-15-8-5-4-6-9-15/h4-11,14H,3,12-13H2,1-2H3/b17-14-,20-19?. The number of amides is 1. The number of ether oxygens (including phenoxy) is 1. The van der Waals surface area contributed by atoms with E-state index in [9.17, 15) is 4.79 Å². The minimum Gasteiger partial charge on any atom is -0.380 e. The van der Waals surface area contributed by atoms with Gasteiger partial charge in [-0.3, -0.25) is 9.69 Å². The van der Waals surface area contributed by atoms with Crippen molar-refractivity contribution >= 4 is 34.6 Å². The van der Waals surface area contributed by atoms with Crippen LogP contribution in [0.15, 0.2) is 58.6 Å². The van der Waals surface area contributed by atoms with Gasteiger partial charge in [0.1, 0.15) is 0 Å². The lowest BCUT2D eigenvalue weighted by atomic mass is 10.3. The molecule has 6 heteroatoms. The largest absolute Gasteiger partial charge is 0.380 e. The first-order valence-electron chi connectivity index (χ1n) is 8.23. The van der Waals surface area contributed by atoms with Crippen molar-refractivity contribution in [1.82, 2.24) is 9.47 Å². The molecule has 0 saturated carbocycles. The molecule has 0 spiro atoms. The van der Waals surface area contributed by atoms with Crippen LogP contribution < -0.4 is 0 Å². The van der Waals surface area contributed by atoms with Crippen molar-refractivity contribution in [2.75, 3.05) is 19.8 Å². The molecule has 0 unspecified atom stereocenters. The Hall–Kier alpha value is -2.31. The predicted molar refractivity (Wildman–Crippen MR) is 103 cm³/mol. The van der Waals surface area contributed by atoms with Crippen molar-refractivity contribution in [3.63, 3.8) is 0 Å². The number of amidine groups is 1. The number of aromatic nitrogens is 1. The number of aliphatic imine (C=N–C) groups is 1. The monoisotopic (exact) mass is 355 g/mol. The van der Waals surface area contributed by atoms with Crippen LogP contribution in [0.2, 0.25) is 0 Å². The molecule has 1 amide bonds. The van der Waals surface area contributed by atoms with E-state index in [0.29, 0.717) is 29.8 Å². The smallest absolute Gasteiger partial charge is 0.266 e. The highest BCUT2D eigenvalue weighted by Crippen LogP contribution is 2.33. The average Bonchev–Trinajstić information content (AvgIpc) is 3.14. The molecular formula is C19H21N3O2S. The van der Waals surface area contributed by atoms with E-state index < -0.39 is 0 Å². The lowest BCUT2D eigenvalue weighted by molar-refractivity contribution is -0.122. The van der Waals surface area contributed by atoms with Gasteiger partial charge in [0.2, 0.25) is 0 Å². The molecule has 1 aliphatic heterocycles. The number of carbonyl (C=O) groups excluding carboxylic acids is 1. The summed E-state index contributed by atoms with van der Waals surface area (Å²) in [5.74, 6) is -0.0272. The molecule has 0 bridgehead atoms. The number of rotatable bonds is 6. The van der Waals surface area contributed by atoms with E-state index in [1.165, 1.54) is 11.8 Å². The first-order valence-corrected chi connectivity index (χ1v) is 9.05. The first kappa shape index (κ1) is 17.5. The molecule has 0 aliphatic carbocycles. The number of thioether (sulfide) groups is 1. The van der Waals surface area contributed by atoms with Gasteiger partial charge in [0, 0.05) is 25.5 Å². The summed E-state index contributed by atoms with van der Waals surface area (Å²) in [6.07, 6.45) is 3.87. The van der Waals surface area contributed by atoms with E-state index in [1.54, 1.807) is 4.90 Å². The van der Waals surface area contributed by atoms with Gasteiger partial charge in [0.15, 0.2) is 5.17 Å². The summed E-state index contributed by atoms with van der Waals surface area (Å²) in [5.41, 5.74) is 1.82. The molecule has 3 rings (SSSR count). The third-order valence-corrected chi connectivity index (χ3v) is 4.80. The Balaban J connectivity index is 1.89. The molecule has 1 saturated heterocycles. The zero-order valence-corrected chi connectivity index (χ0v) is 15.2. The molecular weight excluding hydrogens is 334 g/mol. The second kappa shape index (κ2) is 8.18. The van der Waals surface area contributed by atoms with Crippen LogP contribution in [-0.4, -0.2) is 40.3 Å².